The van der Waals surface area contributed by atoms with E-state index in [2.05, 4.69) is 10.4 Å². The fourth-order valence-corrected chi connectivity index (χ4v) is 2.89. The van der Waals surface area contributed by atoms with Crippen molar-refractivity contribution in [3.63, 3.8) is 0 Å². The first kappa shape index (κ1) is 19.2. The molecule has 6 nitrogen and oxygen atoms in total. The standard InChI is InChI=1S/C22H21N3O3/c1-3-20(22(28)23-18-11-9-16(10-12-18)15(2)26)25-21(27)14-13-19(24-25)17-7-5-4-6-8-17/h4-14,20H,3H2,1-2H3,(H,23,28)/t20-/m1/s1. The van der Waals surface area contributed by atoms with Gasteiger partial charge >= 0.3 is 0 Å². The summed E-state index contributed by atoms with van der Waals surface area (Å²) in [6.07, 6.45) is 0.405. The van der Waals surface area contributed by atoms with Gasteiger partial charge in [-0.05, 0) is 43.7 Å². The van der Waals surface area contributed by atoms with Crippen LogP contribution in [0.25, 0.3) is 11.3 Å². The molecule has 3 aromatic rings. The Hall–Kier alpha value is -3.54. The summed E-state index contributed by atoms with van der Waals surface area (Å²) >= 11 is 0. The molecule has 0 unspecified atom stereocenters. The molecule has 1 atom stereocenters. The van der Waals surface area contributed by atoms with E-state index >= 15 is 0 Å². The molecule has 0 spiro atoms. The third-order valence-electron chi connectivity index (χ3n) is 4.44. The van der Waals surface area contributed by atoms with E-state index in [1.165, 1.54) is 17.7 Å². The molecule has 1 aromatic heterocycles. The number of hydrogen-bond donors (Lipinski definition) is 1. The van der Waals surface area contributed by atoms with E-state index in [0.717, 1.165) is 5.56 Å². The number of ketones is 1. The fraction of sp³-hybridized carbons (Fsp3) is 0.182. The minimum atomic E-state index is -0.747. The van der Waals surface area contributed by atoms with Crippen LogP contribution in [0, 0.1) is 0 Å². The van der Waals surface area contributed by atoms with Gasteiger partial charge in [0.15, 0.2) is 5.78 Å². The lowest BCUT2D eigenvalue weighted by molar-refractivity contribution is -0.119. The van der Waals surface area contributed by atoms with Crippen LogP contribution in [0.4, 0.5) is 5.69 Å². The molecule has 0 bridgehead atoms. The van der Waals surface area contributed by atoms with Crippen LogP contribution in [0.5, 0.6) is 0 Å². The van der Waals surface area contributed by atoms with Crippen molar-refractivity contribution in [3.8, 4) is 11.3 Å². The van der Waals surface area contributed by atoms with Gasteiger partial charge in [-0.3, -0.25) is 14.4 Å². The van der Waals surface area contributed by atoms with Crippen LogP contribution in [-0.2, 0) is 4.79 Å². The molecule has 0 aliphatic carbocycles. The number of carbonyl (C=O) groups excluding carboxylic acids is 2. The number of aromatic nitrogens is 2. The zero-order valence-corrected chi connectivity index (χ0v) is 15.8. The van der Waals surface area contributed by atoms with E-state index < -0.39 is 6.04 Å². The average Bonchev–Trinajstić information content (AvgIpc) is 2.71. The average molecular weight is 375 g/mol. The molecule has 1 heterocycles. The lowest BCUT2D eigenvalue weighted by Crippen LogP contribution is -2.34. The summed E-state index contributed by atoms with van der Waals surface area (Å²) in [5.41, 5.74) is 2.27. The van der Waals surface area contributed by atoms with Gasteiger partial charge in [-0.15, -0.1) is 0 Å². The molecule has 0 saturated heterocycles. The van der Waals surface area contributed by atoms with Crippen molar-refractivity contribution in [2.45, 2.75) is 26.3 Å². The van der Waals surface area contributed by atoms with Crippen molar-refractivity contribution >= 4 is 17.4 Å². The molecule has 1 amide bonds. The zero-order chi connectivity index (χ0) is 20.1. The van der Waals surface area contributed by atoms with Crippen molar-refractivity contribution in [1.29, 1.82) is 0 Å². The minimum absolute atomic E-state index is 0.0437. The van der Waals surface area contributed by atoms with Crippen molar-refractivity contribution in [2.24, 2.45) is 0 Å². The van der Waals surface area contributed by atoms with Gasteiger partial charge in [0.05, 0.1) is 5.69 Å². The Balaban J connectivity index is 1.87. The van der Waals surface area contributed by atoms with Gasteiger partial charge in [0, 0.05) is 22.9 Å². The second kappa shape index (κ2) is 8.43. The Morgan fingerprint density at radius 2 is 1.68 bits per heavy atom. The number of Topliss-reactive ketones (excluding diaryl/α,β-unsaturated/α-hetero) is 1. The highest BCUT2D eigenvalue weighted by atomic mass is 16.2. The van der Waals surface area contributed by atoms with Crippen molar-refractivity contribution < 1.29 is 9.59 Å². The number of anilines is 1. The predicted octanol–water partition coefficient (Wildman–Crippen LogP) is 3.70. The Labute approximate surface area is 162 Å². The Bertz CT molecular complexity index is 1040. The summed E-state index contributed by atoms with van der Waals surface area (Å²) in [4.78, 5) is 36.5. The van der Waals surface area contributed by atoms with Gasteiger partial charge in [0.2, 0.25) is 5.91 Å². The maximum absolute atomic E-state index is 12.8. The quantitative estimate of drug-likeness (QED) is 0.666. The Morgan fingerprint density at radius 3 is 2.29 bits per heavy atom. The molecule has 2 aromatic carbocycles. The number of benzene rings is 2. The number of nitrogens with one attached hydrogen (secondary N) is 1. The smallest absolute Gasteiger partial charge is 0.267 e. The van der Waals surface area contributed by atoms with Crippen LogP contribution >= 0.6 is 0 Å². The van der Waals surface area contributed by atoms with Gasteiger partial charge in [0.25, 0.3) is 5.56 Å². The number of hydrogen-bond acceptors (Lipinski definition) is 4. The highest BCUT2D eigenvalue weighted by Crippen LogP contribution is 2.18. The summed E-state index contributed by atoms with van der Waals surface area (Å²) in [6, 6.07) is 18.4. The lowest BCUT2D eigenvalue weighted by atomic mass is 10.1. The second-order valence-electron chi connectivity index (χ2n) is 6.41. The Morgan fingerprint density at radius 1 is 1.00 bits per heavy atom. The van der Waals surface area contributed by atoms with Crippen molar-refractivity contribution in [2.75, 3.05) is 5.32 Å². The molecular formula is C22H21N3O3. The summed E-state index contributed by atoms with van der Waals surface area (Å²) in [5.74, 6) is -0.379. The first-order valence-electron chi connectivity index (χ1n) is 9.06. The van der Waals surface area contributed by atoms with Gasteiger partial charge in [-0.1, -0.05) is 37.3 Å². The van der Waals surface area contributed by atoms with Gasteiger partial charge < -0.3 is 5.32 Å². The van der Waals surface area contributed by atoms with E-state index in [4.69, 9.17) is 0 Å². The maximum atomic E-state index is 12.8. The molecule has 142 valence electrons. The van der Waals surface area contributed by atoms with E-state index in [-0.39, 0.29) is 17.2 Å². The predicted molar refractivity (Wildman–Crippen MR) is 108 cm³/mol. The van der Waals surface area contributed by atoms with E-state index in [9.17, 15) is 14.4 Å². The lowest BCUT2D eigenvalue weighted by Gasteiger charge is -2.17. The maximum Gasteiger partial charge on any atom is 0.267 e. The van der Waals surface area contributed by atoms with Crippen LogP contribution in [0.2, 0.25) is 0 Å². The van der Waals surface area contributed by atoms with E-state index in [0.29, 0.717) is 23.4 Å². The summed E-state index contributed by atoms with van der Waals surface area (Å²) in [6.45, 7) is 3.31. The normalized spacial score (nSPS) is 11.6. The van der Waals surface area contributed by atoms with Gasteiger partial charge in [-0.2, -0.15) is 5.10 Å². The molecular weight excluding hydrogens is 354 g/mol. The third-order valence-corrected chi connectivity index (χ3v) is 4.44. The van der Waals surface area contributed by atoms with E-state index in [1.807, 2.05) is 37.3 Å². The highest BCUT2D eigenvalue weighted by Gasteiger charge is 2.21. The summed E-state index contributed by atoms with van der Waals surface area (Å²) in [7, 11) is 0. The minimum Gasteiger partial charge on any atom is -0.324 e. The monoisotopic (exact) mass is 375 g/mol. The molecule has 0 radical (unpaired) electrons. The second-order valence-corrected chi connectivity index (χ2v) is 6.41. The van der Waals surface area contributed by atoms with Crippen LogP contribution in [-0.4, -0.2) is 21.5 Å². The first-order valence-corrected chi connectivity index (χ1v) is 9.06. The molecule has 28 heavy (non-hydrogen) atoms. The fourth-order valence-electron chi connectivity index (χ4n) is 2.89. The van der Waals surface area contributed by atoms with Crippen LogP contribution in [0.3, 0.4) is 0 Å². The SMILES string of the molecule is CC[C@H](C(=O)Nc1ccc(C(C)=O)cc1)n1nc(-c2ccccc2)ccc1=O. The van der Waals surface area contributed by atoms with Crippen LogP contribution < -0.4 is 10.9 Å². The van der Waals surface area contributed by atoms with Crippen LogP contribution in [0.15, 0.2) is 71.5 Å². The molecule has 1 N–H and O–H groups in total. The topological polar surface area (TPSA) is 81.1 Å². The highest BCUT2D eigenvalue weighted by molar-refractivity contribution is 5.96. The number of nitrogens with zero attached hydrogens (tertiary/aromatic N) is 2. The third kappa shape index (κ3) is 4.23. The zero-order valence-electron chi connectivity index (χ0n) is 15.8. The largest absolute Gasteiger partial charge is 0.324 e. The molecule has 0 aliphatic rings. The Kier molecular flexibility index (Phi) is 5.79. The van der Waals surface area contributed by atoms with Gasteiger partial charge in [-0.25, -0.2) is 4.68 Å². The molecule has 0 aliphatic heterocycles. The number of carbonyl (C=O) groups is 2. The summed E-state index contributed by atoms with van der Waals surface area (Å²) in [5, 5.41) is 7.21. The van der Waals surface area contributed by atoms with Crippen LogP contribution in [0.1, 0.15) is 36.7 Å². The van der Waals surface area contributed by atoms with E-state index in [1.54, 1.807) is 30.3 Å². The number of amides is 1. The van der Waals surface area contributed by atoms with Crippen molar-refractivity contribution in [3.05, 3.63) is 82.6 Å². The number of rotatable bonds is 6. The molecule has 6 heteroatoms. The summed E-state index contributed by atoms with van der Waals surface area (Å²) < 4.78 is 1.22. The molecule has 0 fully saturated rings. The molecule has 3 rings (SSSR count). The molecule has 0 saturated carbocycles. The first-order chi connectivity index (χ1) is 13.5. The van der Waals surface area contributed by atoms with Crippen molar-refractivity contribution in [1.82, 2.24) is 9.78 Å². The van der Waals surface area contributed by atoms with Gasteiger partial charge in [0.1, 0.15) is 6.04 Å².